The van der Waals surface area contributed by atoms with E-state index >= 15 is 0 Å². The number of hydrogen-bond donors (Lipinski definition) is 2. The standard InChI is InChI=1S/C22H17N3O2S/c1-14-19(28-22(23-14)16-9-3-2-4-10-16)21(27)25-24-20(26)18-13-7-11-15-8-5-6-12-17(15)18/h2-13H,1H3,(H,24,26)(H,25,27). The average Bonchev–Trinajstić information content (AvgIpc) is 3.14. The summed E-state index contributed by atoms with van der Waals surface area (Å²) in [5, 5.41) is 2.56. The van der Waals surface area contributed by atoms with E-state index in [0.717, 1.165) is 21.3 Å². The van der Waals surface area contributed by atoms with Crippen molar-refractivity contribution in [1.82, 2.24) is 15.8 Å². The first-order chi connectivity index (χ1) is 13.6. The van der Waals surface area contributed by atoms with Gasteiger partial charge in [0.1, 0.15) is 9.88 Å². The Morgan fingerprint density at radius 3 is 2.32 bits per heavy atom. The van der Waals surface area contributed by atoms with E-state index in [-0.39, 0.29) is 11.8 Å². The number of amides is 2. The lowest BCUT2D eigenvalue weighted by Gasteiger charge is -2.09. The van der Waals surface area contributed by atoms with Gasteiger partial charge in [-0.15, -0.1) is 11.3 Å². The number of hydrogen-bond acceptors (Lipinski definition) is 4. The van der Waals surface area contributed by atoms with Crippen molar-refractivity contribution < 1.29 is 9.59 Å². The molecular weight excluding hydrogens is 370 g/mol. The maximum absolute atomic E-state index is 12.6. The van der Waals surface area contributed by atoms with E-state index in [9.17, 15) is 9.59 Å². The molecule has 1 aromatic heterocycles. The number of hydrazine groups is 1. The summed E-state index contributed by atoms with van der Waals surface area (Å²) in [5.74, 6) is -0.749. The van der Waals surface area contributed by atoms with Crippen LogP contribution in [0.4, 0.5) is 0 Å². The Labute approximate surface area is 166 Å². The lowest BCUT2D eigenvalue weighted by atomic mass is 10.0. The number of nitrogens with one attached hydrogen (secondary N) is 2. The molecule has 0 saturated heterocycles. The molecule has 0 bridgehead atoms. The van der Waals surface area contributed by atoms with Crippen LogP contribution >= 0.6 is 11.3 Å². The van der Waals surface area contributed by atoms with Crippen LogP contribution in [0, 0.1) is 6.92 Å². The molecule has 0 fully saturated rings. The summed E-state index contributed by atoms with van der Waals surface area (Å²) < 4.78 is 0. The third-order valence-electron chi connectivity index (χ3n) is 4.35. The van der Waals surface area contributed by atoms with Gasteiger partial charge in [0.25, 0.3) is 11.8 Å². The number of nitrogens with zero attached hydrogens (tertiary/aromatic N) is 1. The number of fused-ring (bicyclic) bond motifs is 1. The van der Waals surface area contributed by atoms with E-state index in [1.54, 1.807) is 13.0 Å². The molecule has 2 N–H and O–H groups in total. The van der Waals surface area contributed by atoms with Crippen LogP contribution in [0.15, 0.2) is 72.8 Å². The zero-order chi connectivity index (χ0) is 19.5. The summed E-state index contributed by atoms with van der Waals surface area (Å²) in [6, 6.07) is 22.8. The zero-order valence-corrected chi connectivity index (χ0v) is 15.9. The molecular formula is C22H17N3O2S. The SMILES string of the molecule is Cc1nc(-c2ccccc2)sc1C(=O)NNC(=O)c1cccc2ccccc12. The molecule has 0 saturated carbocycles. The Morgan fingerprint density at radius 2 is 1.50 bits per heavy atom. The van der Waals surface area contributed by atoms with Gasteiger partial charge < -0.3 is 0 Å². The highest BCUT2D eigenvalue weighted by Gasteiger charge is 2.17. The van der Waals surface area contributed by atoms with Crippen molar-refractivity contribution >= 4 is 33.9 Å². The second-order valence-corrected chi connectivity index (χ2v) is 7.23. The lowest BCUT2D eigenvalue weighted by Crippen LogP contribution is -2.41. The van der Waals surface area contributed by atoms with Gasteiger partial charge in [0.05, 0.1) is 5.69 Å². The van der Waals surface area contributed by atoms with E-state index in [1.165, 1.54) is 11.3 Å². The predicted octanol–water partition coefficient (Wildman–Crippen LogP) is 4.35. The lowest BCUT2D eigenvalue weighted by molar-refractivity contribution is 0.0849. The van der Waals surface area contributed by atoms with Crippen LogP contribution in [-0.4, -0.2) is 16.8 Å². The highest BCUT2D eigenvalue weighted by Crippen LogP contribution is 2.27. The van der Waals surface area contributed by atoms with Crippen LogP contribution in [0.25, 0.3) is 21.3 Å². The van der Waals surface area contributed by atoms with E-state index < -0.39 is 0 Å². The summed E-state index contributed by atoms with van der Waals surface area (Å²) in [4.78, 5) is 30.1. The Balaban J connectivity index is 1.50. The second-order valence-electron chi connectivity index (χ2n) is 6.23. The minimum atomic E-state index is -0.384. The molecule has 4 rings (SSSR count). The smallest absolute Gasteiger partial charge is 0.267 e. The van der Waals surface area contributed by atoms with Gasteiger partial charge >= 0.3 is 0 Å². The fourth-order valence-electron chi connectivity index (χ4n) is 2.97. The Hall–Kier alpha value is -3.51. The number of aromatic nitrogens is 1. The summed E-state index contributed by atoms with van der Waals surface area (Å²) in [5.41, 5.74) is 7.09. The van der Waals surface area contributed by atoms with Crippen molar-refractivity contribution in [2.75, 3.05) is 0 Å². The Bertz CT molecular complexity index is 1160. The molecule has 2 amide bonds. The molecule has 0 aliphatic carbocycles. The highest BCUT2D eigenvalue weighted by molar-refractivity contribution is 7.17. The molecule has 0 unspecified atom stereocenters. The quantitative estimate of drug-likeness (QED) is 0.514. The Morgan fingerprint density at radius 1 is 0.821 bits per heavy atom. The normalized spacial score (nSPS) is 10.6. The molecule has 0 atom stereocenters. The van der Waals surface area contributed by atoms with E-state index in [0.29, 0.717) is 16.1 Å². The maximum atomic E-state index is 12.6. The molecule has 0 radical (unpaired) electrons. The maximum Gasteiger partial charge on any atom is 0.281 e. The topological polar surface area (TPSA) is 71.1 Å². The molecule has 0 aliphatic rings. The summed E-state index contributed by atoms with van der Waals surface area (Å²) in [6.07, 6.45) is 0. The minimum Gasteiger partial charge on any atom is -0.267 e. The zero-order valence-electron chi connectivity index (χ0n) is 15.1. The van der Waals surface area contributed by atoms with Crippen molar-refractivity contribution in [3.05, 3.63) is 88.9 Å². The molecule has 138 valence electrons. The first-order valence-electron chi connectivity index (χ1n) is 8.75. The molecule has 0 spiro atoms. The number of aryl methyl sites for hydroxylation is 1. The van der Waals surface area contributed by atoms with E-state index in [1.807, 2.05) is 66.7 Å². The monoisotopic (exact) mass is 387 g/mol. The van der Waals surface area contributed by atoms with Crippen molar-refractivity contribution in [3.63, 3.8) is 0 Å². The van der Waals surface area contributed by atoms with Crippen LogP contribution in [0.3, 0.4) is 0 Å². The number of rotatable bonds is 3. The van der Waals surface area contributed by atoms with E-state index in [4.69, 9.17) is 0 Å². The van der Waals surface area contributed by atoms with Gasteiger partial charge in [0, 0.05) is 11.1 Å². The van der Waals surface area contributed by atoms with Crippen LogP contribution in [0.5, 0.6) is 0 Å². The number of carbonyl (C=O) groups is 2. The summed E-state index contributed by atoms with van der Waals surface area (Å²) in [7, 11) is 0. The van der Waals surface area contributed by atoms with Crippen LogP contribution in [0.1, 0.15) is 25.7 Å². The second kappa shape index (κ2) is 7.62. The van der Waals surface area contributed by atoms with Gasteiger partial charge in [-0.25, -0.2) is 4.98 Å². The van der Waals surface area contributed by atoms with Crippen molar-refractivity contribution in [2.24, 2.45) is 0 Å². The van der Waals surface area contributed by atoms with Crippen LogP contribution in [-0.2, 0) is 0 Å². The molecule has 1 heterocycles. The molecule has 0 aliphatic heterocycles. The van der Waals surface area contributed by atoms with Gasteiger partial charge in [-0.1, -0.05) is 66.7 Å². The Kier molecular flexibility index (Phi) is 4.87. The molecule has 5 nitrogen and oxygen atoms in total. The molecule has 4 aromatic rings. The fraction of sp³-hybridized carbons (Fsp3) is 0.0455. The molecule has 3 aromatic carbocycles. The highest BCUT2D eigenvalue weighted by atomic mass is 32.1. The van der Waals surface area contributed by atoms with Gasteiger partial charge in [-0.05, 0) is 23.8 Å². The first kappa shape index (κ1) is 17.9. The summed E-state index contributed by atoms with van der Waals surface area (Å²) in [6.45, 7) is 1.78. The first-order valence-corrected chi connectivity index (χ1v) is 9.56. The molecule has 28 heavy (non-hydrogen) atoms. The average molecular weight is 387 g/mol. The van der Waals surface area contributed by atoms with Crippen LogP contribution < -0.4 is 10.9 Å². The molecule has 6 heteroatoms. The van der Waals surface area contributed by atoms with Gasteiger partial charge in [-0.3, -0.25) is 20.4 Å². The van der Waals surface area contributed by atoms with Gasteiger partial charge in [-0.2, -0.15) is 0 Å². The third-order valence-corrected chi connectivity index (χ3v) is 5.55. The number of carbonyl (C=O) groups excluding carboxylic acids is 2. The van der Waals surface area contributed by atoms with Crippen molar-refractivity contribution in [2.45, 2.75) is 6.92 Å². The van der Waals surface area contributed by atoms with Crippen LogP contribution in [0.2, 0.25) is 0 Å². The van der Waals surface area contributed by atoms with Gasteiger partial charge in [0.15, 0.2) is 0 Å². The van der Waals surface area contributed by atoms with Crippen molar-refractivity contribution in [1.29, 1.82) is 0 Å². The van der Waals surface area contributed by atoms with E-state index in [2.05, 4.69) is 15.8 Å². The largest absolute Gasteiger partial charge is 0.281 e. The minimum absolute atomic E-state index is 0.365. The fourth-order valence-corrected chi connectivity index (χ4v) is 3.94. The van der Waals surface area contributed by atoms with Crippen molar-refractivity contribution in [3.8, 4) is 10.6 Å². The third kappa shape index (κ3) is 3.50. The summed E-state index contributed by atoms with van der Waals surface area (Å²) >= 11 is 1.30. The van der Waals surface area contributed by atoms with Gasteiger partial charge in [0.2, 0.25) is 0 Å². The number of benzene rings is 3. The predicted molar refractivity (Wildman–Crippen MR) is 111 cm³/mol. The number of thiazole rings is 1.